The fraction of sp³-hybridized carbons (Fsp3) is 0.364. The molecule has 0 aliphatic carbocycles. The lowest BCUT2D eigenvalue weighted by atomic mass is 10.1. The summed E-state index contributed by atoms with van der Waals surface area (Å²) in [6.07, 6.45) is 1.75. The minimum atomic E-state index is 0.967. The van der Waals surface area contributed by atoms with Crippen LogP contribution in [0.3, 0.4) is 0 Å². The van der Waals surface area contributed by atoms with Crippen molar-refractivity contribution in [2.75, 3.05) is 14.1 Å². The first-order valence-corrected chi connectivity index (χ1v) is 4.75. The summed E-state index contributed by atoms with van der Waals surface area (Å²) >= 11 is 0. The molecule has 3 heteroatoms. The number of aryl methyl sites for hydroxylation is 1. The first-order chi connectivity index (χ1) is 6.68. The lowest BCUT2D eigenvalue weighted by Crippen LogP contribution is -2.11. The number of aromatic nitrogens is 2. The molecule has 2 rings (SSSR count). The molecule has 0 radical (unpaired) electrons. The van der Waals surface area contributed by atoms with E-state index in [1.165, 1.54) is 11.1 Å². The Balaban J connectivity index is 2.51. The van der Waals surface area contributed by atoms with Crippen LogP contribution in [0, 0.1) is 6.92 Å². The molecule has 0 fully saturated rings. The lowest BCUT2D eigenvalue weighted by molar-refractivity contribution is 0.402. The van der Waals surface area contributed by atoms with Gasteiger partial charge in [-0.1, -0.05) is 6.07 Å². The Kier molecular flexibility index (Phi) is 2.25. The molecule has 0 aliphatic rings. The Morgan fingerprint density at radius 2 is 2.14 bits per heavy atom. The number of fused-ring (bicyclic) bond motifs is 1. The molecule has 0 spiro atoms. The van der Waals surface area contributed by atoms with E-state index in [4.69, 9.17) is 0 Å². The van der Waals surface area contributed by atoms with Gasteiger partial charge in [0.25, 0.3) is 0 Å². The largest absolute Gasteiger partial charge is 0.345 e. The number of nitrogens with zero attached hydrogens (tertiary/aromatic N) is 2. The van der Waals surface area contributed by atoms with Crippen LogP contribution in [0.15, 0.2) is 18.5 Å². The molecule has 14 heavy (non-hydrogen) atoms. The van der Waals surface area contributed by atoms with Crippen LogP contribution in [0.2, 0.25) is 0 Å². The van der Waals surface area contributed by atoms with Crippen LogP contribution in [0.4, 0.5) is 0 Å². The third-order valence-electron chi connectivity index (χ3n) is 2.44. The Morgan fingerprint density at radius 3 is 2.86 bits per heavy atom. The molecule has 0 unspecified atom stereocenters. The number of imidazole rings is 1. The zero-order valence-corrected chi connectivity index (χ0v) is 8.83. The van der Waals surface area contributed by atoms with Crippen molar-refractivity contribution in [1.82, 2.24) is 14.9 Å². The second kappa shape index (κ2) is 3.42. The van der Waals surface area contributed by atoms with Gasteiger partial charge in [0, 0.05) is 6.54 Å². The van der Waals surface area contributed by atoms with E-state index in [9.17, 15) is 0 Å². The van der Waals surface area contributed by atoms with Gasteiger partial charge in [-0.3, -0.25) is 0 Å². The molecule has 0 bridgehead atoms. The van der Waals surface area contributed by atoms with Crippen LogP contribution in [0.25, 0.3) is 11.0 Å². The van der Waals surface area contributed by atoms with Crippen molar-refractivity contribution in [2.45, 2.75) is 13.5 Å². The van der Waals surface area contributed by atoms with Crippen molar-refractivity contribution >= 4 is 11.0 Å². The zero-order chi connectivity index (χ0) is 10.1. The summed E-state index contributed by atoms with van der Waals surface area (Å²) in [6, 6.07) is 4.25. The first kappa shape index (κ1) is 9.21. The molecule has 0 amide bonds. The highest BCUT2D eigenvalue weighted by Crippen LogP contribution is 2.19. The number of H-pyrrole nitrogens is 1. The van der Waals surface area contributed by atoms with Crippen LogP contribution >= 0.6 is 0 Å². The quantitative estimate of drug-likeness (QED) is 0.782. The Bertz CT molecular complexity index is 443. The molecule has 0 atom stereocenters. The minimum Gasteiger partial charge on any atom is -0.345 e. The molecule has 0 saturated heterocycles. The maximum absolute atomic E-state index is 4.31. The van der Waals surface area contributed by atoms with Crippen molar-refractivity contribution in [2.24, 2.45) is 0 Å². The van der Waals surface area contributed by atoms with Gasteiger partial charge in [-0.25, -0.2) is 4.98 Å². The smallest absolute Gasteiger partial charge is 0.0931 e. The SMILES string of the molecule is Cc1c(CN(C)C)ccc2[nH]cnc12. The van der Waals surface area contributed by atoms with E-state index in [0.29, 0.717) is 0 Å². The number of hydrogen-bond acceptors (Lipinski definition) is 2. The fourth-order valence-electron chi connectivity index (χ4n) is 1.70. The van der Waals surface area contributed by atoms with Crippen molar-refractivity contribution in [3.63, 3.8) is 0 Å². The van der Waals surface area contributed by atoms with Gasteiger partial charge < -0.3 is 9.88 Å². The number of hydrogen-bond donors (Lipinski definition) is 1. The Labute approximate surface area is 83.8 Å². The van der Waals surface area contributed by atoms with Crippen molar-refractivity contribution < 1.29 is 0 Å². The van der Waals surface area contributed by atoms with E-state index in [-0.39, 0.29) is 0 Å². The minimum absolute atomic E-state index is 0.967. The third kappa shape index (κ3) is 1.51. The molecule has 1 aromatic heterocycles. The lowest BCUT2D eigenvalue weighted by Gasteiger charge is -2.12. The molecule has 1 N–H and O–H groups in total. The molecular weight excluding hydrogens is 174 g/mol. The van der Waals surface area contributed by atoms with Crippen LogP contribution < -0.4 is 0 Å². The molecule has 1 aromatic carbocycles. The maximum Gasteiger partial charge on any atom is 0.0931 e. The molecule has 1 heterocycles. The number of benzene rings is 1. The maximum atomic E-state index is 4.31. The monoisotopic (exact) mass is 189 g/mol. The van der Waals surface area contributed by atoms with E-state index in [0.717, 1.165) is 17.6 Å². The van der Waals surface area contributed by atoms with Crippen molar-refractivity contribution in [3.8, 4) is 0 Å². The van der Waals surface area contributed by atoms with Gasteiger partial charge in [0.1, 0.15) is 0 Å². The standard InChI is InChI=1S/C11H15N3/c1-8-9(6-14(2)3)4-5-10-11(8)13-7-12-10/h4-5,7H,6H2,1-3H3,(H,12,13). The second-order valence-corrected chi connectivity index (χ2v) is 3.89. The third-order valence-corrected chi connectivity index (χ3v) is 2.44. The highest BCUT2D eigenvalue weighted by Gasteiger charge is 2.05. The van der Waals surface area contributed by atoms with E-state index in [1.807, 2.05) is 0 Å². The summed E-state index contributed by atoms with van der Waals surface area (Å²) in [5, 5.41) is 0. The average molecular weight is 189 g/mol. The molecule has 2 aromatic rings. The summed E-state index contributed by atoms with van der Waals surface area (Å²) in [5.41, 5.74) is 4.82. The van der Waals surface area contributed by atoms with Crippen LogP contribution in [0.5, 0.6) is 0 Å². The first-order valence-electron chi connectivity index (χ1n) is 4.75. The summed E-state index contributed by atoms with van der Waals surface area (Å²) in [5.74, 6) is 0. The van der Waals surface area contributed by atoms with Gasteiger partial charge in [-0.05, 0) is 38.2 Å². The molecule has 74 valence electrons. The van der Waals surface area contributed by atoms with Gasteiger partial charge in [-0.15, -0.1) is 0 Å². The number of aromatic amines is 1. The van der Waals surface area contributed by atoms with Gasteiger partial charge in [0.05, 0.1) is 17.4 Å². The predicted octanol–water partition coefficient (Wildman–Crippen LogP) is 1.93. The van der Waals surface area contributed by atoms with E-state index in [1.54, 1.807) is 6.33 Å². The summed E-state index contributed by atoms with van der Waals surface area (Å²) in [4.78, 5) is 9.60. The predicted molar refractivity (Wildman–Crippen MR) is 58.2 cm³/mol. The topological polar surface area (TPSA) is 31.9 Å². The van der Waals surface area contributed by atoms with Crippen LogP contribution in [0.1, 0.15) is 11.1 Å². The zero-order valence-electron chi connectivity index (χ0n) is 8.83. The normalized spacial score (nSPS) is 11.4. The van der Waals surface area contributed by atoms with Crippen molar-refractivity contribution in [3.05, 3.63) is 29.6 Å². The summed E-state index contributed by atoms with van der Waals surface area (Å²) < 4.78 is 0. The fourth-order valence-corrected chi connectivity index (χ4v) is 1.70. The Morgan fingerprint density at radius 1 is 1.36 bits per heavy atom. The summed E-state index contributed by atoms with van der Waals surface area (Å²) in [6.45, 7) is 3.09. The molecule has 0 saturated carbocycles. The number of nitrogens with one attached hydrogen (secondary N) is 1. The number of rotatable bonds is 2. The van der Waals surface area contributed by atoms with Gasteiger partial charge in [0.2, 0.25) is 0 Å². The Hall–Kier alpha value is -1.35. The molecule has 3 nitrogen and oxygen atoms in total. The molecule has 0 aliphatic heterocycles. The van der Waals surface area contributed by atoms with Crippen molar-refractivity contribution in [1.29, 1.82) is 0 Å². The average Bonchev–Trinajstić information content (AvgIpc) is 2.57. The van der Waals surface area contributed by atoms with Crippen LogP contribution in [-0.2, 0) is 6.54 Å². The van der Waals surface area contributed by atoms with Gasteiger partial charge in [0.15, 0.2) is 0 Å². The van der Waals surface area contributed by atoms with E-state index < -0.39 is 0 Å². The van der Waals surface area contributed by atoms with E-state index >= 15 is 0 Å². The van der Waals surface area contributed by atoms with Gasteiger partial charge in [-0.2, -0.15) is 0 Å². The molecular formula is C11H15N3. The van der Waals surface area contributed by atoms with Gasteiger partial charge >= 0.3 is 0 Å². The highest BCUT2D eigenvalue weighted by molar-refractivity contribution is 5.79. The van der Waals surface area contributed by atoms with Crippen LogP contribution in [-0.4, -0.2) is 29.0 Å². The van der Waals surface area contributed by atoms with E-state index in [2.05, 4.69) is 48.0 Å². The second-order valence-electron chi connectivity index (χ2n) is 3.89. The summed E-state index contributed by atoms with van der Waals surface area (Å²) in [7, 11) is 4.16. The highest BCUT2D eigenvalue weighted by atomic mass is 15.0.